The van der Waals surface area contributed by atoms with Crippen LogP contribution >= 0.6 is 12.2 Å². The number of rotatable bonds is 5. The number of hydrogen-bond acceptors (Lipinski definition) is 5. The second-order valence-electron chi connectivity index (χ2n) is 7.70. The normalized spacial score (nSPS) is 15.3. The van der Waals surface area contributed by atoms with E-state index in [9.17, 15) is 14.4 Å². The van der Waals surface area contributed by atoms with Gasteiger partial charge in [0.1, 0.15) is 12.1 Å². The average Bonchev–Trinajstić information content (AvgIpc) is 3.03. The molecule has 8 heteroatoms. The Kier molecular flexibility index (Phi) is 6.11. The molecule has 1 saturated heterocycles. The first-order chi connectivity index (χ1) is 15.8. The molecule has 2 aromatic carbocycles. The fraction of sp³-hybridized carbons (Fsp3) is 0.200. The molecule has 3 aromatic rings. The number of esters is 1. The van der Waals surface area contributed by atoms with Gasteiger partial charge >= 0.3 is 5.97 Å². The van der Waals surface area contributed by atoms with Crippen molar-refractivity contribution in [1.82, 2.24) is 9.88 Å². The third kappa shape index (κ3) is 4.17. The molecule has 0 aliphatic carbocycles. The third-order valence-corrected chi connectivity index (χ3v) is 5.84. The molecule has 0 bridgehead atoms. The monoisotopic (exact) mass is 461 g/mol. The number of anilines is 1. The third-order valence-electron chi connectivity index (χ3n) is 5.55. The molecule has 1 aliphatic heterocycles. The Morgan fingerprint density at radius 2 is 1.79 bits per heavy atom. The van der Waals surface area contributed by atoms with Gasteiger partial charge in [-0.25, -0.2) is 0 Å². The molecule has 1 fully saturated rings. The molecule has 2 heterocycles. The number of benzene rings is 2. The van der Waals surface area contributed by atoms with Gasteiger partial charge in [-0.05, 0) is 57.3 Å². The maximum atomic E-state index is 13.4. The predicted molar refractivity (Wildman–Crippen MR) is 131 cm³/mol. The quantitative estimate of drug-likeness (QED) is 0.272. The molecule has 0 atom stereocenters. The van der Waals surface area contributed by atoms with Crippen molar-refractivity contribution in [2.24, 2.45) is 0 Å². The van der Waals surface area contributed by atoms with Crippen molar-refractivity contribution < 1.29 is 19.1 Å². The molecule has 0 saturated carbocycles. The van der Waals surface area contributed by atoms with Crippen molar-refractivity contribution in [1.29, 1.82) is 0 Å². The molecule has 33 heavy (non-hydrogen) atoms. The topological polar surface area (TPSA) is 80.6 Å². The van der Waals surface area contributed by atoms with E-state index in [2.05, 4.69) is 5.32 Å². The highest BCUT2D eigenvalue weighted by Crippen LogP contribution is 2.30. The van der Waals surface area contributed by atoms with E-state index in [0.29, 0.717) is 11.3 Å². The van der Waals surface area contributed by atoms with Gasteiger partial charge in [0.25, 0.3) is 11.8 Å². The molecule has 4 rings (SSSR count). The molecule has 2 amide bonds. The van der Waals surface area contributed by atoms with Crippen molar-refractivity contribution in [2.75, 3.05) is 11.5 Å². The minimum atomic E-state index is -0.560. The lowest BCUT2D eigenvalue weighted by Crippen LogP contribution is -2.54. The maximum Gasteiger partial charge on any atom is 0.325 e. The van der Waals surface area contributed by atoms with Gasteiger partial charge in [0, 0.05) is 22.2 Å². The number of aryl methyl sites for hydroxylation is 1. The number of amides is 2. The van der Waals surface area contributed by atoms with Gasteiger partial charge in [-0.2, -0.15) is 0 Å². The first kappa shape index (κ1) is 22.4. The minimum Gasteiger partial charge on any atom is -0.465 e. The zero-order valence-electron chi connectivity index (χ0n) is 18.5. The smallest absolute Gasteiger partial charge is 0.325 e. The second-order valence-corrected chi connectivity index (χ2v) is 8.09. The van der Waals surface area contributed by atoms with Crippen LogP contribution in [0.15, 0.2) is 54.1 Å². The van der Waals surface area contributed by atoms with Gasteiger partial charge in [0.2, 0.25) is 0 Å². The van der Waals surface area contributed by atoms with Gasteiger partial charge in [-0.15, -0.1) is 0 Å². The van der Waals surface area contributed by atoms with Crippen LogP contribution < -0.4 is 10.2 Å². The van der Waals surface area contributed by atoms with E-state index in [1.807, 2.05) is 54.8 Å². The zero-order valence-corrected chi connectivity index (χ0v) is 19.4. The number of aromatic nitrogens is 1. The van der Waals surface area contributed by atoms with Crippen molar-refractivity contribution in [3.63, 3.8) is 0 Å². The number of ether oxygens (including phenoxy) is 1. The highest BCUT2D eigenvalue weighted by atomic mass is 32.1. The largest absolute Gasteiger partial charge is 0.465 e. The van der Waals surface area contributed by atoms with Crippen molar-refractivity contribution in [3.05, 3.63) is 70.9 Å². The number of para-hydroxylation sites is 1. The van der Waals surface area contributed by atoms with Gasteiger partial charge in [0.05, 0.1) is 12.3 Å². The molecule has 1 aliphatic rings. The van der Waals surface area contributed by atoms with E-state index < -0.39 is 11.8 Å². The van der Waals surface area contributed by atoms with Gasteiger partial charge < -0.3 is 9.30 Å². The average molecular weight is 462 g/mol. The summed E-state index contributed by atoms with van der Waals surface area (Å²) in [5.74, 6) is -1.42. The first-order valence-corrected chi connectivity index (χ1v) is 10.9. The van der Waals surface area contributed by atoms with Crippen LogP contribution in [0.5, 0.6) is 0 Å². The van der Waals surface area contributed by atoms with Crippen molar-refractivity contribution >= 4 is 57.8 Å². The van der Waals surface area contributed by atoms with Crippen LogP contribution in [0.3, 0.4) is 0 Å². The van der Waals surface area contributed by atoms with Crippen LogP contribution in [0, 0.1) is 13.8 Å². The molecule has 1 aromatic heterocycles. The van der Waals surface area contributed by atoms with Gasteiger partial charge in [-0.3, -0.25) is 24.6 Å². The highest BCUT2D eigenvalue weighted by Gasteiger charge is 2.35. The zero-order chi connectivity index (χ0) is 23.7. The molecule has 7 nitrogen and oxygen atoms in total. The molecule has 0 unspecified atom stereocenters. The van der Waals surface area contributed by atoms with Crippen LogP contribution in [0.2, 0.25) is 0 Å². The Hall–Kier alpha value is -3.78. The Morgan fingerprint density at radius 1 is 1.09 bits per heavy atom. The standard InChI is InChI=1S/C25H23N3O4S/c1-4-32-22(29)14-27-16(3)19(18-7-5-6-8-21(18)27)13-20-23(30)26-25(33)28(24(20)31)17-11-9-15(2)10-12-17/h5-13H,4,14H2,1-3H3,(H,26,30,33)/b20-13+. The van der Waals surface area contributed by atoms with Crippen LogP contribution in [-0.2, 0) is 25.7 Å². The molecule has 0 radical (unpaired) electrons. The summed E-state index contributed by atoms with van der Waals surface area (Å²) in [7, 11) is 0. The lowest BCUT2D eigenvalue weighted by molar-refractivity contribution is -0.143. The lowest BCUT2D eigenvalue weighted by atomic mass is 10.0. The van der Waals surface area contributed by atoms with Crippen LogP contribution in [0.25, 0.3) is 17.0 Å². The van der Waals surface area contributed by atoms with E-state index in [-0.39, 0.29) is 29.8 Å². The van der Waals surface area contributed by atoms with Gasteiger partial charge in [-0.1, -0.05) is 35.9 Å². The summed E-state index contributed by atoms with van der Waals surface area (Å²) in [4.78, 5) is 39.6. The number of hydrogen-bond donors (Lipinski definition) is 1. The molecule has 168 valence electrons. The van der Waals surface area contributed by atoms with E-state index >= 15 is 0 Å². The summed E-state index contributed by atoms with van der Waals surface area (Å²) in [6.45, 7) is 5.87. The van der Waals surface area contributed by atoms with Crippen LogP contribution in [0.1, 0.15) is 23.7 Å². The van der Waals surface area contributed by atoms with E-state index in [0.717, 1.165) is 22.2 Å². The number of carbonyl (C=O) groups is 3. The second kappa shape index (κ2) is 8.99. The molecule has 0 spiro atoms. The summed E-state index contributed by atoms with van der Waals surface area (Å²) in [6, 6.07) is 14.8. The number of carbonyl (C=O) groups excluding carboxylic acids is 3. The SMILES string of the molecule is CCOC(=O)Cn1c(C)c(/C=C2\C(=O)NC(=S)N(c3ccc(C)cc3)C2=O)c2ccccc21. The summed E-state index contributed by atoms with van der Waals surface area (Å²) < 4.78 is 6.94. The first-order valence-electron chi connectivity index (χ1n) is 10.5. The summed E-state index contributed by atoms with van der Waals surface area (Å²) in [6.07, 6.45) is 1.57. The minimum absolute atomic E-state index is 0.0308. The fourth-order valence-electron chi connectivity index (χ4n) is 3.91. The Labute approximate surface area is 196 Å². The van der Waals surface area contributed by atoms with Crippen LogP contribution in [0.4, 0.5) is 5.69 Å². The van der Waals surface area contributed by atoms with E-state index in [4.69, 9.17) is 17.0 Å². The Morgan fingerprint density at radius 3 is 2.48 bits per heavy atom. The van der Waals surface area contributed by atoms with E-state index in [1.54, 1.807) is 25.1 Å². The number of nitrogens with zero attached hydrogens (tertiary/aromatic N) is 2. The lowest BCUT2D eigenvalue weighted by Gasteiger charge is -2.29. The maximum absolute atomic E-state index is 13.4. The fourth-order valence-corrected chi connectivity index (χ4v) is 4.19. The van der Waals surface area contributed by atoms with Crippen LogP contribution in [-0.4, -0.2) is 34.1 Å². The number of thiocarbonyl (C=S) groups is 1. The van der Waals surface area contributed by atoms with E-state index in [1.165, 1.54) is 4.90 Å². The summed E-state index contributed by atoms with van der Waals surface area (Å²) in [5.41, 5.74) is 3.81. The number of nitrogens with one attached hydrogen (secondary N) is 1. The number of fused-ring (bicyclic) bond motifs is 1. The van der Waals surface area contributed by atoms with Crippen molar-refractivity contribution in [3.8, 4) is 0 Å². The summed E-state index contributed by atoms with van der Waals surface area (Å²) >= 11 is 5.28. The summed E-state index contributed by atoms with van der Waals surface area (Å²) in [5, 5.41) is 3.47. The highest BCUT2D eigenvalue weighted by molar-refractivity contribution is 7.80. The van der Waals surface area contributed by atoms with Crippen molar-refractivity contribution in [2.45, 2.75) is 27.3 Å². The molecule has 1 N–H and O–H groups in total. The van der Waals surface area contributed by atoms with Gasteiger partial charge in [0.15, 0.2) is 5.11 Å². The predicted octanol–water partition coefficient (Wildman–Crippen LogP) is 3.65. The molecular weight excluding hydrogens is 438 g/mol. The Bertz CT molecular complexity index is 1320. The Balaban J connectivity index is 1.81. The molecular formula is C25H23N3O4S.